The Morgan fingerprint density at radius 3 is 1.77 bits per heavy atom. The average Bonchev–Trinajstić information content (AvgIpc) is 2.82. The molecule has 0 saturated carbocycles. The molecular weight excluding hydrogens is 528 g/mol. The van der Waals surface area contributed by atoms with Gasteiger partial charge in [0.1, 0.15) is 43.1 Å². The zero-order valence-electron chi connectivity index (χ0n) is 22.5. The largest absolute Gasteiger partial charge is 0.463 e. The lowest BCUT2D eigenvalue weighted by Crippen LogP contribution is -2.70. The Morgan fingerprint density at radius 1 is 0.744 bits per heavy atom. The fourth-order valence-corrected chi connectivity index (χ4v) is 4.39. The standard InChI is InChI=1S/C23H36N2O14/c1-9(27)24-16-18(32)19(14(7-26)37-22(16)33-6)39-23-17(25-10(2)28)21(36-13(5)31)20(35-12(4)30)15(38-23)8-34-11(3)29/h14-23,26,32H,7-8H2,1-6H3,(H,24,27)(H,25,28)/t14-,15-,16-,17+,18+,19+,20+,21-,22-,23+/m1/s1. The number of carbonyl (C=O) groups excluding carboxylic acids is 5. The number of carbonyl (C=O) groups is 5. The van der Waals surface area contributed by atoms with Crippen LogP contribution in [0.25, 0.3) is 0 Å². The van der Waals surface area contributed by atoms with Gasteiger partial charge < -0.3 is 54.0 Å². The predicted molar refractivity (Wildman–Crippen MR) is 125 cm³/mol. The minimum atomic E-state index is -1.54. The van der Waals surface area contributed by atoms with Crippen molar-refractivity contribution in [3.63, 3.8) is 0 Å². The number of methoxy groups -OCH3 is 1. The minimum Gasteiger partial charge on any atom is -0.463 e. The zero-order chi connectivity index (χ0) is 29.4. The van der Waals surface area contributed by atoms with E-state index >= 15 is 0 Å². The number of ether oxygens (including phenoxy) is 7. The van der Waals surface area contributed by atoms with E-state index in [9.17, 15) is 34.2 Å². The molecule has 0 aromatic heterocycles. The second kappa shape index (κ2) is 14.5. The van der Waals surface area contributed by atoms with Crippen LogP contribution in [-0.2, 0) is 57.1 Å². The number of nitrogens with one attached hydrogen (secondary N) is 2. The van der Waals surface area contributed by atoms with Crippen LogP contribution >= 0.6 is 0 Å². The molecule has 0 bridgehead atoms. The molecule has 0 aromatic rings. The first-order valence-electron chi connectivity index (χ1n) is 12.1. The number of hydrogen-bond donors (Lipinski definition) is 4. The van der Waals surface area contributed by atoms with Gasteiger partial charge in [-0.3, -0.25) is 24.0 Å². The summed E-state index contributed by atoms with van der Waals surface area (Å²) in [5, 5.41) is 26.1. The van der Waals surface area contributed by atoms with Gasteiger partial charge in [0.15, 0.2) is 24.8 Å². The maximum Gasteiger partial charge on any atom is 0.303 e. The van der Waals surface area contributed by atoms with Crippen molar-refractivity contribution in [2.75, 3.05) is 20.3 Å². The first-order valence-corrected chi connectivity index (χ1v) is 12.1. The van der Waals surface area contributed by atoms with E-state index in [0.29, 0.717) is 0 Å². The molecule has 2 aliphatic heterocycles. The van der Waals surface area contributed by atoms with Crippen molar-refractivity contribution in [2.24, 2.45) is 0 Å². The summed E-state index contributed by atoms with van der Waals surface area (Å²) >= 11 is 0. The van der Waals surface area contributed by atoms with Gasteiger partial charge in [-0.1, -0.05) is 0 Å². The van der Waals surface area contributed by atoms with Crippen molar-refractivity contribution in [3.05, 3.63) is 0 Å². The Hall–Kier alpha value is -2.89. The molecule has 0 aliphatic carbocycles. The van der Waals surface area contributed by atoms with Crippen molar-refractivity contribution in [3.8, 4) is 0 Å². The van der Waals surface area contributed by atoms with E-state index in [2.05, 4.69) is 10.6 Å². The van der Waals surface area contributed by atoms with Crippen molar-refractivity contribution in [2.45, 2.75) is 95.9 Å². The normalized spacial score (nSPS) is 34.4. The SMILES string of the molecule is CO[C@@H]1O[C@H](CO)[C@H](O[C@@H]2O[C@H](COC(C)=O)[C@H](OC(C)=O)[C@H](OC(C)=O)[C@@H]2NC(C)=O)[C@@H](O)[C@H]1NC(C)=O. The second-order valence-corrected chi connectivity index (χ2v) is 9.00. The highest BCUT2D eigenvalue weighted by atomic mass is 16.7. The number of aliphatic hydroxyl groups is 2. The summed E-state index contributed by atoms with van der Waals surface area (Å²) < 4.78 is 38.6. The molecular formula is C23H36N2O14. The molecule has 16 heteroatoms. The Morgan fingerprint density at radius 2 is 1.28 bits per heavy atom. The summed E-state index contributed by atoms with van der Waals surface area (Å²) in [6, 6.07) is -2.46. The quantitative estimate of drug-likeness (QED) is 0.156. The highest BCUT2D eigenvalue weighted by Gasteiger charge is 2.54. The molecule has 2 heterocycles. The Kier molecular flexibility index (Phi) is 12.0. The van der Waals surface area contributed by atoms with Gasteiger partial charge in [0.2, 0.25) is 11.8 Å². The fourth-order valence-electron chi connectivity index (χ4n) is 4.39. The third kappa shape index (κ3) is 8.81. The van der Waals surface area contributed by atoms with E-state index in [0.717, 1.165) is 20.8 Å². The summed E-state index contributed by atoms with van der Waals surface area (Å²) in [4.78, 5) is 59.3. The highest BCUT2D eigenvalue weighted by Crippen LogP contribution is 2.32. The van der Waals surface area contributed by atoms with E-state index in [4.69, 9.17) is 33.2 Å². The second-order valence-electron chi connectivity index (χ2n) is 9.00. The maximum absolute atomic E-state index is 12.1. The van der Waals surface area contributed by atoms with Crippen LogP contribution in [0.15, 0.2) is 0 Å². The molecule has 222 valence electrons. The van der Waals surface area contributed by atoms with Crippen molar-refractivity contribution in [1.29, 1.82) is 0 Å². The first kappa shape index (κ1) is 32.3. The maximum atomic E-state index is 12.1. The summed E-state index contributed by atoms with van der Waals surface area (Å²) in [6.07, 6.45) is -10.8. The lowest BCUT2D eigenvalue weighted by atomic mass is 9.94. The molecule has 0 radical (unpaired) electrons. The van der Waals surface area contributed by atoms with Gasteiger partial charge >= 0.3 is 17.9 Å². The van der Waals surface area contributed by atoms with Gasteiger partial charge in [-0.05, 0) is 0 Å². The number of esters is 3. The van der Waals surface area contributed by atoms with Crippen LogP contribution in [0.2, 0.25) is 0 Å². The van der Waals surface area contributed by atoms with Crippen molar-refractivity contribution in [1.82, 2.24) is 10.6 Å². The van der Waals surface area contributed by atoms with Gasteiger partial charge in [0.05, 0.1) is 6.61 Å². The average molecular weight is 565 g/mol. The number of amides is 2. The molecule has 0 aromatic carbocycles. The summed E-state index contributed by atoms with van der Waals surface area (Å²) in [5.74, 6) is -3.40. The molecule has 4 N–H and O–H groups in total. The van der Waals surface area contributed by atoms with E-state index < -0.39 is 104 Å². The zero-order valence-corrected chi connectivity index (χ0v) is 22.5. The van der Waals surface area contributed by atoms with Crippen LogP contribution in [0.3, 0.4) is 0 Å². The molecule has 0 unspecified atom stereocenters. The Balaban J connectivity index is 2.51. The summed E-state index contributed by atoms with van der Waals surface area (Å²) in [7, 11) is 1.28. The monoisotopic (exact) mass is 564 g/mol. The number of rotatable bonds is 10. The van der Waals surface area contributed by atoms with Gasteiger partial charge in [-0.2, -0.15) is 0 Å². The topological polar surface area (TPSA) is 214 Å². The molecule has 2 rings (SSSR count). The fraction of sp³-hybridized carbons (Fsp3) is 0.783. The molecule has 2 aliphatic rings. The van der Waals surface area contributed by atoms with Crippen molar-refractivity contribution >= 4 is 29.7 Å². The lowest BCUT2D eigenvalue weighted by Gasteiger charge is -2.48. The van der Waals surface area contributed by atoms with Crippen LogP contribution < -0.4 is 10.6 Å². The van der Waals surface area contributed by atoms with Crippen LogP contribution in [0.5, 0.6) is 0 Å². The van der Waals surface area contributed by atoms with Crippen LogP contribution in [-0.4, -0.2) is 122 Å². The van der Waals surface area contributed by atoms with Crippen molar-refractivity contribution < 1.29 is 67.3 Å². The van der Waals surface area contributed by atoms with Gasteiger partial charge in [0.25, 0.3) is 0 Å². The number of aliphatic hydroxyl groups excluding tert-OH is 2. The van der Waals surface area contributed by atoms with E-state index in [1.807, 2.05) is 0 Å². The molecule has 10 atom stereocenters. The van der Waals surface area contributed by atoms with Gasteiger partial charge in [0, 0.05) is 41.7 Å². The molecule has 0 spiro atoms. The Bertz CT molecular complexity index is 900. The molecule has 16 nitrogen and oxygen atoms in total. The molecule has 2 fully saturated rings. The smallest absolute Gasteiger partial charge is 0.303 e. The molecule has 39 heavy (non-hydrogen) atoms. The highest BCUT2D eigenvalue weighted by molar-refractivity contribution is 5.74. The van der Waals surface area contributed by atoms with Gasteiger partial charge in [-0.25, -0.2) is 0 Å². The lowest BCUT2D eigenvalue weighted by molar-refractivity contribution is -0.331. The van der Waals surface area contributed by atoms with Crippen LogP contribution in [0.1, 0.15) is 34.6 Å². The predicted octanol–water partition coefficient (Wildman–Crippen LogP) is -2.74. The third-order valence-corrected chi connectivity index (χ3v) is 5.82. The van der Waals surface area contributed by atoms with E-state index in [1.165, 1.54) is 21.0 Å². The Labute approximate surface area is 224 Å². The van der Waals surface area contributed by atoms with E-state index in [1.54, 1.807) is 0 Å². The summed E-state index contributed by atoms with van der Waals surface area (Å²) in [6.45, 7) is 4.57. The van der Waals surface area contributed by atoms with Crippen LogP contribution in [0, 0.1) is 0 Å². The van der Waals surface area contributed by atoms with Gasteiger partial charge in [-0.15, -0.1) is 0 Å². The number of hydrogen-bond acceptors (Lipinski definition) is 14. The van der Waals surface area contributed by atoms with E-state index in [-0.39, 0.29) is 0 Å². The molecule has 2 saturated heterocycles. The minimum absolute atomic E-state index is 0.467. The summed E-state index contributed by atoms with van der Waals surface area (Å²) in [5.41, 5.74) is 0. The molecule has 2 amide bonds. The van der Waals surface area contributed by atoms with Crippen LogP contribution in [0.4, 0.5) is 0 Å². The first-order chi connectivity index (χ1) is 18.3. The third-order valence-electron chi connectivity index (χ3n) is 5.82.